The van der Waals surface area contributed by atoms with E-state index < -0.39 is 0 Å². The summed E-state index contributed by atoms with van der Waals surface area (Å²) in [4.78, 5) is 13.2. The molecule has 1 aromatic rings. The lowest BCUT2D eigenvalue weighted by molar-refractivity contribution is -0.126. The van der Waals surface area contributed by atoms with Crippen molar-refractivity contribution < 1.29 is 4.79 Å². The molecule has 2 nitrogen and oxygen atoms in total. The van der Waals surface area contributed by atoms with Crippen molar-refractivity contribution in [2.24, 2.45) is 0 Å². The Morgan fingerprint density at radius 3 is 2.36 bits per heavy atom. The number of amides is 1. The van der Waals surface area contributed by atoms with E-state index in [1.165, 1.54) is 0 Å². The summed E-state index contributed by atoms with van der Waals surface area (Å²) in [6.45, 7) is 2.05. The molecule has 2 rings (SSSR count). The molecule has 1 aliphatic rings. The van der Waals surface area contributed by atoms with Crippen LogP contribution >= 0.6 is 0 Å². The summed E-state index contributed by atoms with van der Waals surface area (Å²) in [6.07, 6.45) is 3.58. The minimum Gasteiger partial charge on any atom is -0.329 e. The average molecular weight is 187 g/mol. The quantitative estimate of drug-likeness (QED) is 0.658. The molecule has 0 aliphatic carbocycles. The van der Waals surface area contributed by atoms with Gasteiger partial charge in [0.1, 0.15) is 0 Å². The second-order valence-electron chi connectivity index (χ2n) is 3.74. The second-order valence-corrected chi connectivity index (χ2v) is 3.74. The van der Waals surface area contributed by atoms with E-state index in [-0.39, 0.29) is 11.4 Å². The number of carbonyl (C=O) groups is 1. The maximum Gasteiger partial charge on any atom is 0.247 e. The van der Waals surface area contributed by atoms with E-state index in [0.717, 1.165) is 5.56 Å². The highest BCUT2D eigenvalue weighted by Gasteiger charge is 2.35. The number of hydrogen-bond acceptors (Lipinski definition) is 1. The third kappa shape index (κ3) is 1.15. The molecule has 2 heteroatoms. The van der Waals surface area contributed by atoms with Gasteiger partial charge >= 0.3 is 0 Å². The maximum atomic E-state index is 11.4. The van der Waals surface area contributed by atoms with Crippen molar-refractivity contribution in [1.29, 1.82) is 0 Å². The highest BCUT2D eigenvalue weighted by atomic mass is 16.2. The van der Waals surface area contributed by atoms with Crippen LogP contribution in [-0.4, -0.2) is 17.9 Å². The SMILES string of the molecule is CN1C(=O)C=C[C@]1(C)c1ccccc1. The Morgan fingerprint density at radius 1 is 1.21 bits per heavy atom. The zero-order chi connectivity index (χ0) is 10.2. The van der Waals surface area contributed by atoms with E-state index in [1.807, 2.05) is 50.4 Å². The largest absolute Gasteiger partial charge is 0.329 e. The fourth-order valence-electron chi connectivity index (χ4n) is 1.75. The first-order chi connectivity index (χ1) is 6.64. The van der Waals surface area contributed by atoms with Crippen LogP contribution in [0.25, 0.3) is 0 Å². The minimum atomic E-state index is -0.279. The summed E-state index contributed by atoms with van der Waals surface area (Å²) in [5.74, 6) is 0.0661. The predicted molar refractivity (Wildman–Crippen MR) is 55.7 cm³/mol. The molecule has 1 aromatic carbocycles. The molecule has 1 amide bonds. The van der Waals surface area contributed by atoms with Gasteiger partial charge in [0.15, 0.2) is 0 Å². The molecule has 1 heterocycles. The Labute approximate surface area is 83.8 Å². The molecule has 0 fully saturated rings. The van der Waals surface area contributed by atoms with Crippen molar-refractivity contribution in [2.75, 3.05) is 7.05 Å². The van der Waals surface area contributed by atoms with Gasteiger partial charge in [0.2, 0.25) is 5.91 Å². The van der Waals surface area contributed by atoms with Crippen LogP contribution in [0.5, 0.6) is 0 Å². The van der Waals surface area contributed by atoms with E-state index in [2.05, 4.69) is 0 Å². The van der Waals surface area contributed by atoms with Crippen LogP contribution in [0.3, 0.4) is 0 Å². The lowest BCUT2D eigenvalue weighted by atomic mass is 9.92. The summed E-state index contributed by atoms with van der Waals surface area (Å²) in [6, 6.07) is 10.0. The van der Waals surface area contributed by atoms with Gasteiger partial charge in [-0.3, -0.25) is 4.79 Å². The molecule has 0 saturated carbocycles. The van der Waals surface area contributed by atoms with Gasteiger partial charge in [-0.05, 0) is 18.6 Å². The van der Waals surface area contributed by atoms with Crippen molar-refractivity contribution in [3.8, 4) is 0 Å². The van der Waals surface area contributed by atoms with Crippen LogP contribution in [0.1, 0.15) is 12.5 Å². The Morgan fingerprint density at radius 2 is 1.86 bits per heavy atom. The maximum absolute atomic E-state index is 11.4. The van der Waals surface area contributed by atoms with Crippen LogP contribution in [0.2, 0.25) is 0 Å². The summed E-state index contributed by atoms with van der Waals surface area (Å²) in [5.41, 5.74) is 0.864. The molecule has 1 aliphatic heterocycles. The van der Waals surface area contributed by atoms with Crippen LogP contribution < -0.4 is 0 Å². The van der Waals surface area contributed by atoms with Crippen molar-refractivity contribution in [3.63, 3.8) is 0 Å². The Kier molecular flexibility index (Phi) is 1.92. The van der Waals surface area contributed by atoms with Crippen molar-refractivity contribution >= 4 is 5.91 Å². The molecule has 0 bridgehead atoms. The number of hydrogen-bond donors (Lipinski definition) is 0. The zero-order valence-electron chi connectivity index (χ0n) is 8.40. The summed E-state index contributed by atoms with van der Waals surface area (Å²) >= 11 is 0. The van der Waals surface area contributed by atoms with Crippen LogP contribution in [0.4, 0.5) is 0 Å². The lowest BCUT2D eigenvalue weighted by Crippen LogP contribution is -2.38. The standard InChI is InChI=1S/C12H13NO/c1-12(9-8-11(14)13(12)2)10-6-4-3-5-7-10/h3-9H,1-2H3/t12-/m1/s1. The summed E-state index contributed by atoms with van der Waals surface area (Å²) in [7, 11) is 1.83. The molecular formula is C12H13NO. The highest BCUT2D eigenvalue weighted by molar-refractivity contribution is 5.91. The Balaban J connectivity index is 2.44. The fraction of sp³-hybridized carbons (Fsp3) is 0.250. The van der Waals surface area contributed by atoms with Gasteiger partial charge in [-0.25, -0.2) is 0 Å². The van der Waals surface area contributed by atoms with E-state index in [1.54, 1.807) is 11.0 Å². The number of nitrogens with zero attached hydrogens (tertiary/aromatic N) is 1. The molecule has 1 atom stereocenters. The van der Waals surface area contributed by atoms with Crippen LogP contribution in [0.15, 0.2) is 42.5 Å². The van der Waals surface area contributed by atoms with Crippen molar-refractivity contribution in [2.45, 2.75) is 12.5 Å². The number of rotatable bonds is 1. The third-order valence-corrected chi connectivity index (χ3v) is 2.94. The number of benzene rings is 1. The van der Waals surface area contributed by atoms with E-state index in [0.29, 0.717) is 0 Å². The monoisotopic (exact) mass is 187 g/mol. The normalized spacial score (nSPS) is 25.9. The molecular weight excluding hydrogens is 174 g/mol. The smallest absolute Gasteiger partial charge is 0.247 e. The Bertz CT molecular complexity index is 383. The van der Waals surface area contributed by atoms with Crippen molar-refractivity contribution in [3.05, 3.63) is 48.0 Å². The molecule has 14 heavy (non-hydrogen) atoms. The molecule has 0 radical (unpaired) electrons. The van der Waals surface area contributed by atoms with Gasteiger partial charge in [0, 0.05) is 13.1 Å². The highest BCUT2D eigenvalue weighted by Crippen LogP contribution is 2.32. The van der Waals surface area contributed by atoms with Gasteiger partial charge in [0.25, 0.3) is 0 Å². The topological polar surface area (TPSA) is 20.3 Å². The van der Waals surface area contributed by atoms with Crippen LogP contribution in [0, 0.1) is 0 Å². The molecule has 0 unspecified atom stereocenters. The third-order valence-electron chi connectivity index (χ3n) is 2.94. The lowest BCUT2D eigenvalue weighted by Gasteiger charge is -2.32. The first-order valence-corrected chi connectivity index (χ1v) is 4.67. The van der Waals surface area contributed by atoms with E-state index >= 15 is 0 Å². The fourth-order valence-corrected chi connectivity index (χ4v) is 1.75. The Hall–Kier alpha value is -1.57. The average Bonchev–Trinajstić information content (AvgIpc) is 2.49. The van der Waals surface area contributed by atoms with E-state index in [4.69, 9.17) is 0 Å². The van der Waals surface area contributed by atoms with Gasteiger partial charge in [-0.1, -0.05) is 30.3 Å². The molecule has 72 valence electrons. The molecule has 0 N–H and O–H groups in total. The minimum absolute atomic E-state index is 0.0661. The van der Waals surface area contributed by atoms with Crippen molar-refractivity contribution in [1.82, 2.24) is 4.90 Å². The van der Waals surface area contributed by atoms with Gasteiger partial charge in [0.05, 0.1) is 5.54 Å². The van der Waals surface area contributed by atoms with Gasteiger partial charge in [-0.15, -0.1) is 0 Å². The number of likely N-dealkylation sites (N-methyl/N-ethyl adjacent to an activating group) is 1. The molecule has 0 saturated heterocycles. The summed E-state index contributed by atoms with van der Waals surface area (Å²) in [5, 5.41) is 0. The molecule has 0 aromatic heterocycles. The first kappa shape index (κ1) is 9.00. The molecule has 0 spiro atoms. The second kappa shape index (κ2) is 2.98. The van der Waals surface area contributed by atoms with Gasteiger partial charge < -0.3 is 4.90 Å². The summed E-state index contributed by atoms with van der Waals surface area (Å²) < 4.78 is 0. The predicted octanol–water partition coefficient (Wildman–Crippen LogP) is 1.93. The zero-order valence-corrected chi connectivity index (χ0v) is 8.40. The number of carbonyl (C=O) groups excluding carboxylic acids is 1. The van der Waals surface area contributed by atoms with Crippen LogP contribution in [-0.2, 0) is 10.3 Å². The first-order valence-electron chi connectivity index (χ1n) is 4.67. The van der Waals surface area contributed by atoms with E-state index in [9.17, 15) is 4.79 Å². The van der Waals surface area contributed by atoms with Gasteiger partial charge in [-0.2, -0.15) is 0 Å².